The molecule has 8 nitrogen and oxygen atoms in total. The molecule has 9 heteroatoms. The molecule has 0 fully saturated rings. The second-order valence-corrected chi connectivity index (χ2v) is 15.3. The number of nitrogens with one attached hydrogen (secondary N) is 1. The first-order chi connectivity index (χ1) is 23.4. The fourth-order valence-corrected chi connectivity index (χ4v) is 6.77. The minimum atomic E-state index is -4.33. The predicted octanol–water partition coefficient (Wildman–Crippen LogP) is 10.8. The molecule has 0 heterocycles. The van der Waals surface area contributed by atoms with Gasteiger partial charge in [-0.15, -0.1) is 0 Å². The van der Waals surface area contributed by atoms with Gasteiger partial charge in [-0.2, -0.15) is 0 Å². The molecule has 0 radical (unpaired) electrons. The zero-order chi connectivity index (χ0) is 35.4. The number of nitrogens with two attached hydrogens (primary N) is 1. The van der Waals surface area contributed by atoms with Gasteiger partial charge in [0.2, 0.25) is 5.91 Å². The average molecular weight is 703 g/mol. The van der Waals surface area contributed by atoms with E-state index in [1.807, 2.05) is 6.08 Å². The molecule has 1 amide bonds. The zero-order valence-corrected chi connectivity index (χ0v) is 32.4. The van der Waals surface area contributed by atoms with E-state index >= 15 is 0 Å². The number of phosphoric ester groups is 1. The number of aliphatic hydroxyl groups is 1. The Hall–Kier alpha value is -0.760. The molecule has 5 N–H and O–H groups in total. The second-order valence-electron chi connectivity index (χ2n) is 13.9. The normalized spacial score (nSPS) is 14.4. The van der Waals surface area contributed by atoms with Gasteiger partial charge in [0.15, 0.2) is 0 Å². The summed E-state index contributed by atoms with van der Waals surface area (Å²) in [5, 5.41) is 13.6. The third-order valence-corrected chi connectivity index (χ3v) is 10.1. The van der Waals surface area contributed by atoms with Gasteiger partial charge in [0.05, 0.1) is 25.4 Å². The molecular weight excluding hydrogens is 623 g/mol. The van der Waals surface area contributed by atoms with Crippen LogP contribution in [-0.2, 0) is 18.4 Å². The highest BCUT2D eigenvalue weighted by Gasteiger charge is 2.26. The van der Waals surface area contributed by atoms with Gasteiger partial charge >= 0.3 is 7.82 Å². The lowest BCUT2D eigenvalue weighted by molar-refractivity contribution is -0.123. The van der Waals surface area contributed by atoms with E-state index in [0.717, 1.165) is 38.5 Å². The van der Waals surface area contributed by atoms with Crippen molar-refractivity contribution in [3.05, 3.63) is 12.2 Å². The van der Waals surface area contributed by atoms with Gasteiger partial charge in [0.25, 0.3) is 0 Å². The summed E-state index contributed by atoms with van der Waals surface area (Å²) in [5.74, 6) is -0.192. The number of amides is 1. The molecule has 0 bridgehead atoms. The third-order valence-electron chi connectivity index (χ3n) is 9.11. The van der Waals surface area contributed by atoms with Crippen LogP contribution >= 0.6 is 7.82 Å². The van der Waals surface area contributed by atoms with Crippen LogP contribution in [0.5, 0.6) is 0 Å². The number of hydrogen-bond donors (Lipinski definition) is 4. The monoisotopic (exact) mass is 703 g/mol. The van der Waals surface area contributed by atoms with Gasteiger partial charge in [0.1, 0.15) is 0 Å². The van der Waals surface area contributed by atoms with Crippen molar-refractivity contribution in [2.75, 3.05) is 19.8 Å². The number of hydrogen-bond acceptors (Lipinski definition) is 6. The van der Waals surface area contributed by atoms with Gasteiger partial charge in [-0.1, -0.05) is 187 Å². The van der Waals surface area contributed by atoms with Crippen molar-refractivity contribution in [3.8, 4) is 0 Å². The molecule has 0 aliphatic heterocycles. The van der Waals surface area contributed by atoms with Gasteiger partial charge < -0.3 is 21.1 Å². The van der Waals surface area contributed by atoms with Crippen LogP contribution in [0.3, 0.4) is 0 Å². The van der Waals surface area contributed by atoms with Gasteiger partial charge in [-0.3, -0.25) is 13.8 Å². The van der Waals surface area contributed by atoms with Crippen LogP contribution in [0.2, 0.25) is 0 Å². The van der Waals surface area contributed by atoms with Crippen molar-refractivity contribution in [1.82, 2.24) is 5.32 Å². The summed E-state index contributed by atoms with van der Waals surface area (Å²) < 4.78 is 22.1. The Balaban J connectivity index is 4.25. The van der Waals surface area contributed by atoms with Crippen LogP contribution in [0.1, 0.15) is 200 Å². The van der Waals surface area contributed by atoms with Gasteiger partial charge in [-0.25, -0.2) is 4.57 Å². The van der Waals surface area contributed by atoms with Crippen molar-refractivity contribution in [2.45, 2.75) is 212 Å². The number of carbonyl (C=O) groups is 1. The molecule has 0 aromatic rings. The second kappa shape index (κ2) is 36.0. The van der Waals surface area contributed by atoms with Crippen molar-refractivity contribution in [3.63, 3.8) is 0 Å². The van der Waals surface area contributed by atoms with E-state index in [2.05, 4.69) is 19.2 Å². The quantitative estimate of drug-likeness (QED) is 0.0286. The number of carbonyl (C=O) groups excluding carboxylic acids is 1. The minimum absolute atomic E-state index is 0.0812. The summed E-state index contributed by atoms with van der Waals surface area (Å²) in [7, 11) is -4.33. The lowest BCUT2D eigenvalue weighted by atomic mass is 10.0. The average Bonchev–Trinajstić information content (AvgIpc) is 3.07. The maximum absolute atomic E-state index is 12.7. The van der Waals surface area contributed by atoms with E-state index in [4.69, 9.17) is 14.8 Å². The molecule has 3 atom stereocenters. The fourth-order valence-electron chi connectivity index (χ4n) is 6.01. The van der Waals surface area contributed by atoms with Crippen molar-refractivity contribution in [2.24, 2.45) is 5.73 Å². The SMILES string of the molecule is CCCCCCCCCCCCCCC/C=C/[C@@H](O)[C@H](COP(=O)(O)OCCN)NC(=O)CCCCCCCCCCCCCCCC. The Bertz CT molecular complexity index is 769. The van der Waals surface area contributed by atoms with Crippen LogP contribution in [0.4, 0.5) is 0 Å². The van der Waals surface area contributed by atoms with E-state index in [1.165, 1.54) is 141 Å². The maximum Gasteiger partial charge on any atom is 0.472 e. The molecule has 0 aromatic heterocycles. The molecule has 1 unspecified atom stereocenters. The number of allylic oxidation sites excluding steroid dienone is 1. The fraction of sp³-hybridized carbons (Fsp3) is 0.923. The van der Waals surface area contributed by atoms with E-state index in [-0.39, 0.29) is 25.7 Å². The Morgan fingerprint density at radius 3 is 1.48 bits per heavy atom. The molecule has 0 aliphatic carbocycles. The number of unbranched alkanes of at least 4 members (excludes halogenated alkanes) is 26. The van der Waals surface area contributed by atoms with Crippen LogP contribution in [-0.4, -0.2) is 47.8 Å². The number of phosphoric acid groups is 1. The molecule has 0 saturated carbocycles. The summed E-state index contributed by atoms with van der Waals surface area (Å²) in [5.41, 5.74) is 5.36. The first-order valence-corrected chi connectivity index (χ1v) is 21.8. The highest BCUT2D eigenvalue weighted by Crippen LogP contribution is 2.43. The summed E-state index contributed by atoms with van der Waals surface area (Å²) in [4.78, 5) is 22.6. The lowest BCUT2D eigenvalue weighted by Gasteiger charge is -2.23. The summed E-state index contributed by atoms with van der Waals surface area (Å²) in [6.07, 6.45) is 38.2. The van der Waals surface area contributed by atoms with E-state index in [1.54, 1.807) is 6.08 Å². The smallest absolute Gasteiger partial charge is 0.387 e. The topological polar surface area (TPSA) is 131 Å². The van der Waals surface area contributed by atoms with E-state index in [0.29, 0.717) is 6.42 Å². The molecule has 48 heavy (non-hydrogen) atoms. The van der Waals surface area contributed by atoms with Crippen molar-refractivity contribution >= 4 is 13.7 Å². The molecule has 0 saturated heterocycles. The number of aliphatic hydroxyl groups excluding tert-OH is 1. The van der Waals surface area contributed by atoms with Crippen molar-refractivity contribution < 1.29 is 28.4 Å². The standard InChI is InChI=1S/C39H79N2O6P/c1-3-5-7-9-11-13-15-17-19-20-22-24-26-28-30-32-38(42)37(36-47-48(44,45)46-35-34-40)41-39(43)33-31-29-27-25-23-21-18-16-14-12-10-8-6-4-2/h30,32,37-38,42H,3-29,31,33-36,40H2,1-2H3,(H,41,43)(H,44,45)/b32-30+/t37-,38+/m0/s1. The molecule has 0 rings (SSSR count). The minimum Gasteiger partial charge on any atom is -0.387 e. The van der Waals surface area contributed by atoms with Crippen molar-refractivity contribution in [1.29, 1.82) is 0 Å². The predicted molar refractivity (Wildman–Crippen MR) is 203 cm³/mol. The van der Waals surface area contributed by atoms with E-state index in [9.17, 15) is 19.4 Å². The number of rotatable bonds is 38. The summed E-state index contributed by atoms with van der Waals surface area (Å²) in [6.45, 7) is 4.14. The Morgan fingerprint density at radius 1 is 0.667 bits per heavy atom. The summed E-state index contributed by atoms with van der Waals surface area (Å²) in [6, 6.07) is -0.853. The molecule has 0 spiro atoms. The van der Waals surface area contributed by atoms with Crippen LogP contribution < -0.4 is 11.1 Å². The van der Waals surface area contributed by atoms with Crippen LogP contribution in [0.25, 0.3) is 0 Å². The molecule has 0 aliphatic rings. The lowest BCUT2D eigenvalue weighted by Crippen LogP contribution is -2.45. The summed E-state index contributed by atoms with van der Waals surface area (Å²) >= 11 is 0. The molecular formula is C39H79N2O6P. The third kappa shape index (κ3) is 33.7. The Labute approximate surface area is 296 Å². The highest BCUT2D eigenvalue weighted by atomic mass is 31.2. The maximum atomic E-state index is 12.7. The molecule has 286 valence electrons. The zero-order valence-electron chi connectivity index (χ0n) is 31.5. The molecule has 0 aromatic carbocycles. The first kappa shape index (κ1) is 47.2. The largest absolute Gasteiger partial charge is 0.472 e. The van der Waals surface area contributed by atoms with E-state index < -0.39 is 20.0 Å². The van der Waals surface area contributed by atoms with Gasteiger partial charge in [-0.05, 0) is 19.3 Å². The first-order valence-electron chi connectivity index (χ1n) is 20.3. The Morgan fingerprint density at radius 2 is 1.06 bits per heavy atom. The Kier molecular flexibility index (Phi) is 35.5. The van der Waals surface area contributed by atoms with Gasteiger partial charge in [0, 0.05) is 13.0 Å². The van der Waals surface area contributed by atoms with Crippen LogP contribution in [0.15, 0.2) is 12.2 Å². The highest BCUT2D eigenvalue weighted by molar-refractivity contribution is 7.47. The van der Waals surface area contributed by atoms with Crippen LogP contribution in [0, 0.1) is 0 Å².